The average molecular weight is 174 g/mol. The standard InChI is InChI=1S/C10H10N2O/c1-13-9-4-5-10(12)8(7-9)3-2-6-11/h2-5,7H,12H2,1H3. The molecule has 0 radical (unpaired) electrons. The van der Waals surface area contributed by atoms with Crippen LogP contribution >= 0.6 is 0 Å². The van der Waals surface area contributed by atoms with E-state index < -0.39 is 0 Å². The molecule has 0 amide bonds. The molecular weight excluding hydrogens is 164 g/mol. The van der Waals surface area contributed by atoms with Crippen molar-refractivity contribution in [3.8, 4) is 11.8 Å². The van der Waals surface area contributed by atoms with Crippen molar-refractivity contribution < 1.29 is 4.74 Å². The number of ether oxygens (including phenoxy) is 1. The molecule has 0 heterocycles. The Hall–Kier alpha value is -1.95. The van der Waals surface area contributed by atoms with E-state index in [2.05, 4.69) is 0 Å². The number of nitrogen functional groups attached to an aromatic ring is 1. The Kier molecular flexibility index (Phi) is 2.93. The maximum atomic E-state index is 8.34. The second-order valence-electron chi connectivity index (χ2n) is 2.46. The van der Waals surface area contributed by atoms with Gasteiger partial charge >= 0.3 is 0 Å². The molecule has 0 aromatic heterocycles. The summed E-state index contributed by atoms with van der Waals surface area (Å²) in [7, 11) is 1.59. The van der Waals surface area contributed by atoms with Gasteiger partial charge in [0, 0.05) is 17.3 Å². The summed E-state index contributed by atoms with van der Waals surface area (Å²) in [5, 5.41) is 8.34. The van der Waals surface area contributed by atoms with Gasteiger partial charge in [0.2, 0.25) is 0 Å². The van der Waals surface area contributed by atoms with Crippen LogP contribution in [0.1, 0.15) is 5.56 Å². The predicted octanol–water partition coefficient (Wildman–Crippen LogP) is 1.81. The number of nitrogens with zero attached hydrogens (tertiary/aromatic N) is 1. The van der Waals surface area contributed by atoms with Crippen LogP contribution in [0, 0.1) is 11.3 Å². The molecule has 1 rings (SSSR count). The van der Waals surface area contributed by atoms with E-state index in [1.807, 2.05) is 6.07 Å². The summed E-state index contributed by atoms with van der Waals surface area (Å²) in [6.45, 7) is 0. The molecule has 13 heavy (non-hydrogen) atoms. The molecule has 1 aromatic carbocycles. The van der Waals surface area contributed by atoms with E-state index in [9.17, 15) is 0 Å². The quantitative estimate of drug-likeness (QED) is 0.549. The molecule has 66 valence electrons. The molecular formula is C10H10N2O. The third kappa shape index (κ3) is 2.24. The zero-order chi connectivity index (χ0) is 9.68. The van der Waals surface area contributed by atoms with Crippen LogP contribution in [0.2, 0.25) is 0 Å². The molecule has 0 spiro atoms. The minimum Gasteiger partial charge on any atom is -0.497 e. The normalized spacial score (nSPS) is 9.85. The SMILES string of the molecule is COc1ccc(N)c(C=CC#N)c1. The van der Waals surface area contributed by atoms with Gasteiger partial charge < -0.3 is 10.5 Å². The highest BCUT2D eigenvalue weighted by Gasteiger charge is 1.96. The van der Waals surface area contributed by atoms with E-state index in [0.29, 0.717) is 5.69 Å². The molecule has 1 aromatic rings. The average Bonchev–Trinajstić information content (AvgIpc) is 2.17. The van der Waals surface area contributed by atoms with Crippen LogP contribution < -0.4 is 10.5 Å². The molecule has 0 bridgehead atoms. The van der Waals surface area contributed by atoms with E-state index in [1.165, 1.54) is 6.08 Å². The largest absolute Gasteiger partial charge is 0.497 e. The lowest BCUT2D eigenvalue weighted by molar-refractivity contribution is 0.415. The molecule has 0 saturated carbocycles. The lowest BCUT2D eigenvalue weighted by Gasteiger charge is -2.03. The summed E-state index contributed by atoms with van der Waals surface area (Å²) in [6, 6.07) is 7.21. The van der Waals surface area contributed by atoms with Gasteiger partial charge in [0.05, 0.1) is 13.2 Å². The van der Waals surface area contributed by atoms with Gasteiger partial charge in [-0.3, -0.25) is 0 Å². The lowest BCUT2D eigenvalue weighted by atomic mass is 10.1. The first-order valence-electron chi connectivity index (χ1n) is 3.77. The minimum atomic E-state index is 0.632. The zero-order valence-corrected chi connectivity index (χ0v) is 7.32. The van der Waals surface area contributed by atoms with Crippen LogP contribution in [0.15, 0.2) is 24.3 Å². The fraction of sp³-hybridized carbons (Fsp3) is 0.100. The van der Waals surface area contributed by atoms with Crippen molar-refractivity contribution in [2.24, 2.45) is 0 Å². The highest BCUT2D eigenvalue weighted by atomic mass is 16.5. The first-order valence-corrected chi connectivity index (χ1v) is 3.77. The number of hydrogen-bond donors (Lipinski definition) is 1. The summed E-state index contributed by atoms with van der Waals surface area (Å²) in [5.74, 6) is 0.729. The Morgan fingerprint density at radius 2 is 2.31 bits per heavy atom. The Labute approximate surface area is 77.0 Å². The van der Waals surface area contributed by atoms with Crippen molar-refractivity contribution >= 4 is 11.8 Å². The number of methoxy groups -OCH3 is 1. The van der Waals surface area contributed by atoms with Crippen LogP contribution in [0.4, 0.5) is 5.69 Å². The maximum Gasteiger partial charge on any atom is 0.119 e. The predicted molar refractivity (Wildman–Crippen MR) is 52.1 cm³/mol. The Morgan fingerprint density at radius 3 is 2.92 bits per heavy atom. The molecule has 2 N–H and O–H groups in total. The van der Waals surface area contributed by atoms with Gasteiger partial charge in [-0.05, 0) is 24.3 Å². The van der Waals surface area contributed by atoms with Crippen molar-refractivity contribution in [1.82, 2.24) is 0 Å². The molecule has 0 atom stereocenters. The van der Waals surface area contributed by atoms with E-state index in [0.717, 1.165) is 11.3 Å². The fourth-order valence-electron chi connectivity index (χ4n) is 0.951. The highest BCUT2D eigenvalue weighted by Crippen LogP contribution is 2.20. The van der Waals surface area contributed by atoms with Crippen molar-refractivity contribution in [2.75, 3.05) is 12.8 Å². The van der Waals surface area contributed by atoms with Crippen molar-refractivity contribution in [3.63, 3.8) is 0 Å². The van der Waals surface area contributed by atoms with E-state index in [4.69, 9.17) is 15.7 Å². The zero-order valence-electron chi connectivity index (χ0n) is 7.32. The first kappa shape index (κ1) is 9.14. The molecule has 0 aliphatic carbocycles. The summed E-state index contributed by atoms with van der Waals surface area (Å²) in [6.07, 6.45) is 3.03. The molecule has 0 aliphatic heterocycles. The molecule has 0 fully saturated rings. The molecule has 0 aliphatic rings. The van der Waals surface area contributed by atoms with Crippen molar-refractivity contribution in [3.05, 3.63) is 29.8 Å². The second-order valence-corrected chi connectivity index (χ2v) is 2.46. The smallest absolute Gasteiger partial charge is 0.119 e. The number of allylic oxidation sites excluding steroid dienone is 1. The van der Waals surface area contributed by atoms with Crippen LogP contribution in [0.25, 0.3) is 6.08 Å². The summed E-state index contributed by atoms with van der Waals surface area (Å²) < 4.78 is 5.02. The molecule has 0 unspecified atom stereocenters. The third-order valence-corrected chi connectivity index (χ3v) is 1.63. The van der Waals surface area contributed by atoms with Crippen molar-refractivity contribution in [1.29, 1.82) is 5.26 Å². The summed E-state index contributed by atoms with van der Waals surface area (Å²) >= 11 is 0. The fourth-order valence-corrected chi connectivity index (χ4v) is 0.951. The topological polar surface area (TPSA) is 59.0 Å². The van der Waals surface area contributed by atoms with Gasteiger partial charge in [0.15, 0.2) is 0 Å². The second kappa shape index (κ2) is 4.17. The number of hydrogen-bond acceptors (Lipinski definition) is 3. The maximum absolute atomic E-state index is 8.34. The first-order chi connectivity index (χ1) is 6.27. The van der Waals surface area contributed by atoms with Gasteiger partial charge in [-0.15, -0.1) is 0 Å². The monoisotopic (exact) mass is 174 g/mol. The van der Waals surface area contributed by atoms with E-state index in [1.54, 1.807) is 31.4 Å². The van der Waals surface area contributed by atoms with Crippen LogP contribution in [-0.2, 0) is 0 Å². The summed E-state index contributed by atoms with van der Waals surface area (Å²) in [5.41, 5.74) is 7.09. The number of nitriles is 1. The van der Waals surface area contributed by atoms with Crippen LogP contribution in [0.3, 0.4) is 0 Å². The summed E-state index contributed by atoms with van der Waals surface area (Å²) in [4.78, 5) is 0. The molecule has 3 heteroatoms. The van der Waals surface area contributed by atoms with Crippen LogP contribution in [-0.4, -0.2) is 7.11 Å². The Morgan fingerprint density at radius 1 is 1.54 bits per heavy atom. The molecule has 0 saturated heterocycles. The van der Waals surface area contributed by atoms with Gasteiger partial charge in [-0.1, -0.05) is 0 Å². The number of benzene rings is 1. The van der Waals surface area contributed by atoms with Gasteiger partial charge in [-0.2, -0.15) is 5.26 Å². The number of anilines is 1. The Balaban J connectivity index is 3.05. The third-order valence-electron chi connectivity index (χ3n) is 1.63. The number of rotatable bonds is 2. The Bertz CT molecular complexity index is 364. The van der Waals surface area contributed by atoms with Gasteiger partial charge in [-0.25, -0.2) is 0 Å². The molecule has 3 nitrogen and oxygen atoms in total. The van der Waals surface area contributed by atoms with Crippen LogP contribution in [0.5, 0.6) is 5.75 Å². The van der Waals surface area contributed by atoms with Crippen molar-refractivity contribution in [2.45, 2.75) is 0 Å². The van der Waals surface area contributed by atoms with E-state index >= 15 is 0 Å². The van der Waals surface area contributed by atoms with Gasteiger partial charge in [0.25, 0.3) is 0 Å². The van der Waals surface area contributed by atoms with E-state index in [-0.39, 0.29) is 0 Å². The lowest BCUT2D eigenvalue weighted by Crippen LogP contribution is -1.90. The minimum absolute atomic E-state index is 0.632. The van der Waals surface area contributed by atoms with Gasteiger partial charge in [0.1, 0.15) is 5.75 Å². The number of nitrogens with two attached hydrogens (primary N) is 1. The highest BCUT2D eigenvalue weighted by molar-refractivity contribution is 5.67.